The molecule has 0 saturated heterocycles. The van der Waals surface area contributed by atoms with Crippen LogP contribution in [0.3, 0.4) is 0 Å². The molecule has 3 heterocycles. The molecule has 0 fully saturated rings. The molecule has 176 valence electrons. The van der Waals surface area contributed by atoms with Crippen LogP contribution >= 0.6 is 45.9 Å². The van der Waals surface area contributed by atoms with Crippen LogP contribution in [0.15, 0.2) is 23.6 Å². The lowest BCUT2D eigenvalue weighted by Gasteiger charge is -2.26. The highest BCUT2D eigenvalue weighted by atomic mass is 35.5. The molecule has 12 heteroatoms. The van der Waals surface area contributed by atoms with Gasteiger partial charge in [0.2, 0.25) is 0 Å². The SMILES string of the molecule is CB(O)N(Cc1cccs1)c1cc(Cl)nc2c(Cl)c(C(=O)[C@H](C)NC(=O)OC(C)(C)C)sc12. The van der Waals surface area contributed by atoms with Crippen LogP contribution in [0.1, 0.15) is 42.2 Å². The van der Waals surface area contributed by atoms with Crippen molar-refractivity contribution in [1.29, 1.82) is 0 Å². The van der Waals surface area contributed by atoms with E-state index in [-0.39, 0.29) is 20.8 Å². The third-order valence-corrected chi connectivity index (χ3v) is 7.30. The number of ketones is 1. The first-order chi connectivity index (χ1) is 15.4. The average Bonchev–Trinajstić information content (AvgIpc) is 3.31. The number of anilines is 1. The van der Waals surface area contributed by atoms with Gasteiger partial charge in [-0.05, 0) is 52.0 Å². The van der Waals surface area contributed by atoms with Gasteiger partial charge in [0, 0.05) is 17.1 Å². The van der Waals surface area contributed by atoms with Crippen LogP contribution < -0.4 is 10.1 Å². The lowest BCUT2D eigenvalue weighted by molar-refractivity contribution is 0.0497. The van der Waals surface area contributed by atoms with Crippen molar-refractivity contribution in [2.75, 3.05) is 4.81 Å². The minimum atomic E-state index is -0.872. The topological polar surface area (TPSA) is 91.8 Å². The Balaban J connectivity index is 1.98. The van der Waals surface area contributed by atoms with E-state index in [0.717, 1.165) is 16.2 Å². The zero-order valence-electron chi connectivity index (χ0n) is 18.8. The lowest BCUT2D eigenvalue weighted by Crippen LogP contribution is -2.41. The van der Waals surface area contributed by atoms with E-state index in [1.807, 2.05) is 17.5 Å². The Kier molecular flexibility index (Phi) is 7.96. The number of Topliss-reactive ketones (excluding diaryl/α,β-unsaturated/α-hetero) is 1. The van der Waals surface area contributed by atoms with Crippen molar-refractivity contribution in [1.82, 2.24) is 10.3 Å². The first kappa shape index (κ1) is 25.8. The number of ether oxygens (including phenoxy) is 1. The molecule has 0 unspecified atom stereocenters. The molecule has 3 aromatic heterocycles. The summed E-state index contributed by atoms with van der Waals surface area (Å²) < 4.78 is 5.85. The van der Waals surface area contributed by atoms with E-state index in [1.54, 1.807) is 56.7 Å². The number of thiophene rings is 2. The lowest BCUT2D eigenvalue weighted by atomic mass is 9.84. The number of alkyl carbamates (subject to hydrolysis) is 1. The number of rotatable bonds is 7. The Bertz CT molecular complexity index is 1160. The van der Waals surface area contributed by atoms with Crippen molar-refractivity contribution in [2.45, 2.75) is 52.7 Å². The van der Waals surface area contributed by atoms with Crippen molar-refractivity contribution < 1.29 is 19.3 Å². The number of carbonyl (C=O) groups excluding carboxylic acids is 2. The van der Waals surface area contributed by atoms with Gasteiger partial charge < -0.3 is 19.9 Å². The minimum absolute atomic E-state index is 0.156. The second-order valence-electron chi connectivity index (χ2n) is 8.46. The van der Waals surface area contributed by atoms with E-state index < -0.39 is 24.8 Å². The Morgan fingerprint density at radius 3 is 2.64 bits per heavy atom. The number of halogens is 2. The molecule has 0 aliphatic carbocycles. The van der Waals surface area contributed by atoms with Gasteiger partial charge in [-0.25, -0.2) is 9.78 Å². The van der Waals surface area contributed by atoms with Crippen LogP contribution in [-0.4, -0.2) is 40.6 Å². The molecule has 0 spiro atoms. The number of pyridine rings is 1. The second-order valence-corrected chi connectivity index (χ2v) is 11.3. The summed E-state index contributed by atoms with van der Waals surface area (Å²) in [7, 11) is -0.832. The van der Waals surface area contributed by atoms with Crippen LogP contribution in [-0.2, 0) is 11.3 Å². The quantitative estimate of drug-likeness (QED) is 0.226. The van der Waals surface area contributed by atoms with Crippen molar-refractivity contribution in [2.24, 2.45) is 0 Å². The molecule has 0 aromatic carbocycles. The molecule has 33 heavy (non-hydrogen) atoms. The number of nitrogens with zero attached hydrogens (tertiary/aromatic N) is 2. The molecule has 3 aromatic rings. The van der Waals surface area contributed by atoms with Gasteiger partial charge in [-0.1, -0.05) is 29.3 Å². The third kappa shape index (κ3) is 6.19. The maximum Gasteiger partial charge on any atom is 0.409 e. The minimum Gasteiger partial charge on any atom is -0.444 e. The Labute approximate surface area is 210 Å². The maximum atomic E-state index is 13.1. The molecule has 0 radical (unpaired) electrons. The molecule has 2 N–H and O–H groups in total. The smallest absolute Gasteiger partial charge is 0.409 e. The van der Waals surface area contributed by atoms with Crippen LogP contribution in [0.5, 0.6) is 0 Å². The van der Waals surface area contributed by atoms with Crippen LogP contribution in [0, 0.1) is 0 Å². The Hall–Kier alpha value is -1.85. The van der Waals surface area contributed by atoms with Gasteiger partial charge >= 0.3 is 13.1 Å². The molecular formula is C21H24BCl2N3O4S2. The van der Waals surface area contributed by atoms with E-state index in [4.69, 9.17) is 27.9 Å². The number of hydrogen-bond donors (Lipinski definition) is 2. The largest absolute Gasteiger partial charge is 0.444 e. The van der Waals surface area contributed by atoms with Crippen LogP contribution in [0.2, 0.25) is 17.0 Å². The predicted octanol–water partition coefficient (Wildman–Crippen LogP) is 5.88. The van der Waals surface area contributed by atoms with Gasteiger partial charge in [0.25, 0.3) is 0 Å². The van der Waals surface area contributed by atoms with Crippen LogP contribution in [0.25, 0.3) is 10.2 Å². The van der Waals surface area contributed by atoms with Gasteiger partial charge in [0.05, 0.1) is 20.6 Å². The van der Waals surface area contributed by atoms with E-state index in [0.29, 0.717) is 22.4 Å². The maximum absolute atomic E-state index is 13.1. The number of nitrogens with one attached hydrogen (secondary N) is 1. The van der Waals surface area contributed by atoms with E-state index >= 15 is 0 Å². The normalized spacial score (nSPS) is 12.5. The molecule has 0 saturated carbocycles. The number of amides is 1. The molecule has 0 aliphatic rings. The molecule has 0 aliphatic heterocycles. The zero-order valence-corrected chi connectivity index (χ0v) is 22.0. The van der Waals surface area contributed by atoms with Gasteiger partial charge in [0.15, 0.2) is 5.78 Å². The summed E-state index contributed by atoms with van der Waals surface area (Å²) in [5.41, 5.74) is 0.297. The molecule has 1 amide bonds. The van der Waals surface area contributed by atoms with Gasteiger partial charge in [-0.2, -0.15) is 0 Å². The molecular weight excluding hydrogens is 504 g/mol. The highest BCUT2D eigenvalue weighted by Gasteiger charge is 2.29. The highest BCUT2D eigenvalue weighted by molar-refractivity contribution is 7.22. The van der Waals surface area contributed by atoms with E-state index in [9.17, 15) is 14.6 Å². The summed E-state index contributed by atoms with van der Waals surface area (Å²) >= 11 is 15.6. The van der Waals surface area contributed by atoms with Crippen molar-refractivity contribution in [3.8, 4) is 0 Å². The number of aromatic nitrogens is 1. The predicted molar refractivity (Wildman–Crippen MR) is 137 cm³/mol. The highest BCUT2D eigenvalue weighted by Crippen LogP contribution is 2.42. The fraction of sp³-hybridized carbons (Fsp3) is 0.381. The summed E-state index contributed by atoms with van der Waals surface area (Å²) in [6.45, 7) is 8.88. The summed E-state index contributed by atoms with van der Waals surface area (Å²) in [5, 5.41) is 15.3. The average molecular weight is 528 g/mol. The summed E-state index contributed by atoms with van der Waals surface area (Å²) in [6.07, 6.45) is -0.696. The number of hydrogen-bond acceptors (Lipinski definition) is 8. The Morgan fingerprint density at radius 2 is 2.06 bits per heavy atom. The molecule has 7 nitrogen and oxygen atoms in total. The van der Waals surface area contributed by atoms with E-state index in [1.165, 1.54) is 0 Å². The third-order valence-electron chi connectivity index (χ3n) is 4.55. The first-order valence-corrected chi connectivity index (χ1v) is 12.6. The standard InChI is InChI=1S/C21H24BCl2N3O4S2/c1-11(25-20(29)31-21(2,3)4)17(28)19-15(24)16-18(33-19)13(9-14(23)26-16)27(22(5)30)10-12-7-6-8-32-12/h6-9,11,30H,10H2,1-5H3,(H,25,29)/t11-/m0/s1. The number of carbonyl (C=O) groups is 2. The first-order valence-electron chi connectivity index (χ1n) is 10.2. The fourth-order valence-corrected chi connectivity index (χ4v) is 5.59. The van der Waals surface area contributed by atoms with Crippen molar-refractivity contribution in [3.63, 3.8) is 0 Å². The fourth-order valence-electron chi connectivity index (χ4n) is 3.10. The van der Waals surface area contributed by atoms with Crippen molar-refractivity contribution >= 4 is 80.7 Å². The summed E-state index contributed by atoms with van der Waals surface area (Å²) in [5.74, 6) is -0.377. The monoisotopic (exact) mass is 527 g/mol. The van der Waals surface area contributed by atoms with Crippen molar-refractivity contribution in [3.05, 3.63) is 43.5 Å². The molecule has 1 atom stereocenters. The van der Waals surface area contributed by atoms with E-state index in [2.05, 4.69) is 10.3 Å². The van der Waals surface area contributed by atoms with Gasteiger partial charge in [-0.3, -0.25) is 4.79 Å². The molecule has 3 rings (SSSR count). The summed E-state index contributed by atoms with van der Waals surface area (Å²) in [4.78, 5) is 32.6. The zero-order chi connectivity index (χ0) is 24.5. The molecule has 0 bridgehead atoms. The number of fused-ring (bicyclic) bond motifs is 1. The Morgan fingerprint density at radius 1 is 1.36 bits per heavy atom. The van der Waals surface area contributed by atoms with Crippen LogP contribution in [0.4, 0.5) is 10.5 Å². The second kappa shape index (κ2) is 10.2. The van der Waals surface area contributed by atoms with Gasteiger partial charge in [-0.15, -0.1) is 22.7 Å². The van der Waals surface area contributed by atoms with Gasteiger partial charge in [0.1, 0.15) is 16.3 Å². The summed E-state index contributed by atoms with van der Waals surface area (Å²) in [6, 6.07) is 4.68.